The molecule has 0 saturated carbocycles. The third-order valence-electron chi connectivity index (χ3n) is 4.60. The Morgan fingerprint density at radius 1 is 0.652 bits per heavy atom. The van der Waals surface area contributed by atoms with Crippen LogP contribution in [0.15, 0.2) is 24.3 Å². The first-order chi connectivity index (χ1) is 11.3. The molecule has 132 valence electrons. The SMILES string of the molecule is CCCCCCCCCCCCCCCOc1ccccc1C. The molecule has 0 aliphatic heterocycles. The lowest BCUT2D eigenvalue weighted by Gasteiger charge is -2.08. The van der Waals surface area contributed by atoms with E-state index in [0.717, 1.165) is 12.4 Å². The molecular formula is C22H38O. The van der Waals surface area contributed by atoms with E-state index in [2.05, 4.69) is 32.0 Å². The van der Waals surface area contributed by atoms with Crippen molar-refractivity contribution in [3.05, 3.63) is 29.8 Å². The van der Waals surface area contributed by atoms with Gasteiger partial charge >= 0.3 is 0 Å². The van der Waals surface area contributed by atoms with Crippen molar-refractivity contribution in [2.45, 2.75) is 97.3 Å². The van der Waals surface area contributed by atoms with Crippen molar-refractivity contribution < 1.29 is 4.74 Å². The van der Waals surface area contributed by atoms with Gasteiger partial charge in [0.25, 0.3) is 0 Å². The molecule has 0 aliphatic carbocycles. The largest absolute Gasteiger partial charge is 0.493 e. The Bertz CT molecular complexity index is 372. The van der Waals surface area contributed by atoms with Gasteiger partial charge in [0.15, 0.2) is 0 Å². The van der Waals surface area contributed by atoms with Crippen molar-refractivity contribution >= 4 is 0 Å². The summed E-state index contributed by atoms with van der Waals surface area (Å²) in [4.78, 5) is 0. The lowest BCUT2D eigenvalue weighted by atomic mass is 10.0. The first-order valence-corrected chi connectivity index (χ1v) is 10.0. The molecule has 0 aromatic heterocycles. The molecule has 0 saturated heterocycles. The Labute approximate surface area is 144 Å². The molecule has 0 heterocycles. The van der Waals surface area contributed by atoms with E-state index in [4.69, 9.17) is 4.74 Å². The molecule has 1 nitrogen and oxygen atoms in total. The van der Waals surface area contributed by atoms with Crippen LogP contribution in [-0.2, 0) is 0 Å². The van der Waals surface area contributed by atoms with Crippen molar-refractivity contribution in [2.24, 2.45) is 0 Å². The molecule has 0 atom stereocenters. The van der Waals surface area contributed by atoms with Gasteiger partial charge in [0, 0.05) is 0 Å². The first kappa shape index (κ1) is 20.1. The second-order valence-electron chi connectivity index (χ2n) is 6.86. The molecule has 0 radical (unpaired) electrons. The fraction of sp³-hybridized carbons (Fsp3) is 0.727. The maximum absolute atomic E-state index is 5.84. The molecule has 0 amide bonds. The third kappa shape index (κ3) is 11.2. The van der Waals surface area contributed by atoms with Gasteiger partial charge in [-0.3, -0.25) is 0 Å². The second-order valence-corrected chi connectivity index (χ2v) is 6.86. The highest BCUT2D eigenvalue weighted by Gasteiger charge is 1.97. The zero-order valence-corrected chi connectivity index (χ0v) is 15.6. The average molecular weight is 319 g/mol. The molecule has 1 aromatic rings. The molecule has 0 fully saturated rings. The quantitative estimate of drug-likeness (QED) is 0.305. The number of hydrogen-bond donors (Lipinski definition) is 0. The monoisotopic (exact) mass is 318 g/mol. The Hall–Kier alpha value is -0.980. The maximum atomic E-state index is 5.84. The van der Waals surface area contributed by atoms with E-state index in [1.807, 2.05) is 6.07 Å². The molecule has 1 rings (SSSR count). The summed E-state index contributed by atoms with van der Waals surface area (Å²) in [6, 6.07) is 8.29. The summed E-state index contributed by atoms with van der Waals surface area (Å²) in [6.45, 7) is 5.26. The summed E-state index contributed by atoms with van der Waals surface area (Å²) >= 11 is 0. The molecule has 0 aliphatic rings. The van der Waals surface area contributed by atoms with Crippen LogP contribution in [0, 0.1) is 6.92 Å². The summed E-state index contributed by atoms with van der Waals surface area (Å²) in [6.07, 6.45) is 18.2. The Morgan fingerprint density at radius 2 is 1.13 bits per heavy atom. The number of rotatable bonds is 15. The number of benzene rings is 1. The van der Waals surface area contributed by atoms with Crippen molar-refractivity contribution in [3.8, 4) is 5.75 Å². The molecule has 0 unspecified atom stereocenters. The fourth-order valence-electron chi connectivity index (χ4n) is 3.02. The van der Waals surface area contributed by atoms with Gasteiger partial charge in [-0.1, -0.05) is 102 Å². The summed E-state index contributed by atoms with van der Waals surface area (Å²) in [5.74, 6) is 1.05. The predicted molar refractivity (Wildman–Crippen MR) is 102 cm³/mol. The van der Waals surface area contributed by atoms with Crippen molar-refractivity contribution in [3.63, 3.8) is 0 Å². The Morgan fingerprint density at radius 3 is 1.65 bits per heavy atom. The number of unbranched alkanes of at least 4 members (excludes halogenated alkanes) is 12. The number of ether oxygens (including phenoxy) is 1. The van der Waals surface area contributed by atoms with Crippen LogP contribution in [0.25, 0.3) is 0 Å². The van der Waals surface area contributed by atoms with Gasteiger partial charge in [-0.25, -0.2) is 0 Å². The molecule has 1 aromatic carbocycles. The topological polar surface area (TPSA) is 9.23 Å². The number of aryl methyl sites for hydroxylation is 1. The standard InChI is InChI=1S/C22H38O/c1-3-4-5-6-7-8-9-10-11-12-13-14-17-20-23-22-19-16-15-18-21(22)2/h15-16,18-19H,3-14,17,20H2,1-2H3. The molecule has 23 heavy (non-hydrogen) atoms. The van der Waals surface area contributed by atoms with Crippen LogP contribution in [0.4, 0.5) is 0 Å². The van der Waals surface area contributed by atoms with Gasteiger partial charge in [0.2, 0.25) is 0 Å². The van der Waals surface area contributed by atoms with Crippen LogP contribution in [-0.4, -0.2) is 6.61 Å². The molecule has 0 spiro atoms. The predicted octanol–water partition coefficient (Wildman–Crippen LogP) is 7.47. The van der Waals surface area contributed by atoms with Crippen LogP contribution in [0.2, 0.25) is 0 Å². The van der Waals surface area contributed by atoms with E-state index in [1.165, 1.54) is 89.0 Å². The minimum absolute atomic E-state index is 0.864. The zero-order valence-electron chi connectivity index (χ0n) is 15.6. The van der Waals surface area contributed by atoms with Crippen molar-refractivity contribution in [1.29, 1.82) is 0 Å². The molecule has 0 bridgehead atoms. The zero-order chi connectivity index (χ0) is 16.6. The van der Waals surface area contributed by atoms with Gasteiger partial charge in [0.1, 0.15) is 5.75 Å². The Kier molecular flexibility index (Phi) is 12.7. The van der Waals surface area contributed by atoms with Crippen LogP contribution in [0.3, 0.4) is 0 Å². The number of hydrogen-bond acceptors (Lipinski definition) is 1. The van der Waals surface area contributed by atoms with Gasteiger partial charge in [-0.2, -0.15) is 0 Å². The van der Waals surface area contributed by atoms with E-state index < -0.39 is 0 Å². The second kappa shape index (κ2) is 14.6. The fourth-order valence-corrected chi connectivity index (χ4v) is 3.02. The van der Waals surface area contributed by atoms with Gasteiger partial charge in [-0.15, -0.1) is 0 Å². The summed E-state index contributed by atoms with van der Waals surface area (Å²) in [5, 5.41) is 0. The average Bonchev–Trinajstić information content (AvgIpc) is 2.57. The van der Waals surface area contributed by atoms with Crippen LogP contribution >= 0.6 is 0 Å². The van der Waals surface area contributed by atoms with Crippen LogP contribution in [0.5, 0.6) is 5.75 Å². The van der Waals surface area contributed by atoms with E-state index in [9.17, 15) is 0 Å². The minimum Gasteiger partial charge on any atom is -0.493 e. The first-order valence-electron chi connectivity index (χ1n) is 10.0. The summed E-state index contributed by atoms with van der Waals surface area (Å²) < 4.78 is 5.84. The Balaban J connectivity index is 1.79. The summed E-state index contributed by atoms with van der Waals surface area (Å²) in [7, 11) is 0. The van der Waals surface area contributed by atoms with Crippen molar-refractivity contribution in [1.82, 2.24) is 0 Å². The smallest absolute Gasteiger partial charge is 0.122 e. The van der Waals surface area contributed by atoms with E-state index in [1.54, 1.807) is 0 Å². The lowest BCUT2D eigenvalue weighted by Crippen LogP contribution is -1.98. The minimum atomic E-state index is 0.864. The maximum Gasteiger partial charge on any atom is 0.122 e. The van der Waals surface area contributed by atoms with E-state index in [0.29, 0.717) is 0 Å². The van der Waals surface area contributed by atoms with Gasteiger partial charge < -0.3 is 4.74 Å². The summed E-state index contributed by atoms with van der Waals surface area (Å²) in [5.41, 5.74) is 1.24. The number of para-hydroxylation sites is 1. The highest BCUT2D eigenvalue weighted by Crippen LogP contribution is 2.17. The molecule has 0 N–H and O–H groups in total. The highest BCUT2D eigenvalue weighted by atomic mass is 16.5. The molecule has 1 heteroatoms. The van der Waals surface area contributed by atoms with Crippen LogP contribution < -0.4 is 4.74 Å². The van der Waals surface area contributed by atoms with Gasteiger partial charge in [0.05, 0.1) is 6.61 Å². The van der Waals surface area contributed by atoms with Gasteiger partial charge in [-0.05, 0) is 25.0 Å². The van der Waals surface area contributed by atoms with E-state index in [-0.39, 0.29) is 0 Å². The third-order valence-corrected chi connectivity index (χ3v) is 4.60. The molecular weight excluding hydrogens is 280 g/mol. The highest BCUT2D eigenvalue weighted by molar-refractivity contribution is 5.31. The van der Waals surface area contributed by atoms with E-state index >= 15 is 0 Å². The normalized spacial score (nSPS) is 10.9. The van der Waals surface area contributed by atoms with Crippen molar-refractivity contribution in [2.75, 3.05) is 6.61 Å². The van der Waals surface area contributed by atoms with Crippen LogP contribution in [0.1, 0.15) is 96.0 Å². The lowest BCUT2D eigenvalue weighted by molar-refractivity contribution is 0.302.